The molecule has 0 spiro atoms. The van der Waals surface area contributed by atoms with E-state index in [0.717, 1.165) is 73.5 Å². The Bertz CT molecular complexity index is 1030. The zero-order valence-electron chi connectivity index (χ0n) is 18.4. The Kier molecular flexibility index (Phi) is 5.16. The third-order valence-corrected chi connectivity index (χ3v) is 7.00. The van der Waals surface area contributed by atoms with Crippen molar-refractivity contribution in [2.75, 3.05) is 24.5 Å². The Morgan fingerprint density at radius 1 is 1.13 bits per heavy atom. The van der Waals surface area contributed by atoms with Gasteiger partial charge in [0.25, 0.3) is 11.8 Å². The summed E-state index contributed by atoms with van der Waals surface area (Å²) in [4.78, 5) is 36.4. The van der Waals surface area contributed by atoms with Crippen LogP contribution in [0.5, 0.6) is 0 Å². The number of aryl methyl sites for hydroxylation is 1. The summed E-state index contributed by atoms with van der Waals surface area (Å²) in [5.41, 5.74) is 4.80. The van der Waals surface area contributed by atoms with Crippen LogP contribution in [0.3, 0.4) is 0 Å². The third-order valence-electron chi connectivity index (χ3n) is 7.00. The molecule has 0 saturated carbocycles. The minimum absolute atomic E-state index is 0.107. The number of fused-ring (bicyclic) bond motifs is 2. The number of rotatable bonds is 3. The molecule has 5 rings (SSSR count). The molecule has 0 radical (unpaired) electrons. The lowest BCUT2D eigenvalue weighted by atomic mass is 10.00. The number of nitrogens with zero attached hydrogens (tertiary/aromatic N) is 4. The number of aromatic nitrogens is 1. The van der Waals surface area contributed by atoms with Crippen molar-refractivity contribution in [3.05, 3.63) is 52.7 Å². The van der Waals surface area contributed by atoms with Crippen LogP contribution in [0.2, 0.25) is 0 Å². The van der Waals surface area contributed by atoms with Crippen LogP contribution in [0.1, 0.15) is 71.4 Å². The lowest BCUT2D eigenvalue weighted by Crippen LogP contribution is -2.42. The molecule has 3 aliphatic rings. The third kappa shape index (κ3) is 3.48. The van der Waals surface area contributed by atoms with Crippen molar-refractivity contribution < 1.29 is 9.59 Å². The van der Waals surface area contributed by atoms with Crippen LogP contribution in [0.4, 0.5) is 11.5 Å². The molecule has 3 aliphatic heterocycles. The highest BCUT2D eigenvalue weighted by Gasteiger charge is 2.29. The molecule has 0 aliphatic carbocycles. The monoisotopic (exact) mass is 418 g/mol. The molecule has 0 bridgehead atoms. The summed E-state index contributed by atoms with van der Waals surface area (Å²) in [6.07, 6.45) is 7.06. The number of carbonyl (C=O) groups excluding carboxylic acids is 2. The maximum absolute atomic E-state index is 13.1. The summed E-state index contributed by atoms with van der Waals surface area (Å²) < 4.78 is 0. The molecule has 2 aromatic rings. The normalized spacial score (nSPS) is 20.6. The highest BCUT2D eigenvalue weighted by molar-refractivity contribution is 5.99. The number of hydrogen-bond donors (Lipinski definition) is 0. The molecule has 1 fully saturated rings. The van der Waals surface area contributed by atoms with Gasteiger partial charge in [0.05, 0.1) is 5.56 Å². The van der Waals surface area contributed by atoms with Crippen LogP contribution in [0, 0.1) is 0 Å². The Morgan fingerprint density at radius 2 is 2.00 bits per heavy atom. The standard InChI is InChI=1S/C25H30N4O2/c1-3-27-16-20-14-21(9-10-22(20)25(27)31)29-12-6-8-18-13-19(15-26-23(18)29)24(30)28-11-5-4-7-17(28)2/h9-10,13-15,17H,3-8,11-12,16H2,1-2H3/t17-/m0/s1. The Balaban J connectivity index is 1.43. The lowest BCUT2D eigenvalue weighted by molar-refractivity contribution is 0.0634. The molecule has 0 unspecified atom stereocenters. The number of carbonyl (C=O) groups is 2. The van der Waals surface area contributed by atoms with Crippen molar-refractivity contribution in [3.63, 3.8) is 0 Å². The molecular formula is C25H30N4O2. The number of pyridine rings is 1. The molecule has 6 nitrogen and oxygen atoms in total. The Morgan fingerprint density at radius 3 is 2.81 bits per heavy atom. The fourth-order valence-electron chi connectivity index (χ4n) is 5.19. The zero-order chi connectivity index (χ0) is 21.5. The largest absolute Gasteiger partial charge is 0.336 e. The zero-order valence-corrected chi connectivity index (χ0v) is 18.4. The van der Waals surface area contributed by atoms with E-state index < -0.39 is 0 Å². The Hall–Kier alpha value is -2.89. The molecule has 0 N–H and O–H groups in total. The van der Waals surface area contributed by atoms with Crippen LogP contribution in [-0.2, 0) is 13.0 Å². The van der Waals surface area contributed by atoms with Crippen LogP contribution in [0.25, 0.3) is 0 Å². The SMILES string of the molecule is CCN1Cc2cc(N3CCCc4cc(C(=O)N5CCCC[C@@H]5C)cnc43)ccc2C1=O. The smallest absolute Gasteiger partial charge is 0.255 e. The first-order valence-electron chi connectivity index (χ1n) is 11.6. The first-order chi connectivity index (χ1) is 15.1. The van der Waals surface area contributed by atoms with Gasteiger partial charge >= 0.3 is 0 Å². The predicted molar refractivity (Wildman–Crippen MR) is 121 cm³/mol. The Labute approximate surface area is 183 Å². The topological polar surface area (TPSA) is 56.8 Å². The van der Waals surface area contributed by atoms with Crippen LogP contribution in [0.15, 0.2) is 30.5 Å². The van der Waals surface area contributed by atoms with E-state index in [2.05, 4.69) is 17.9 Å². The van der Waals surface area contributed by atoms with Crippen molar-refractivity contribution in [1.29, 1.82) is 0 Å². The molecule has 2 amide bonds. The van der Waals surface area contributed by atoms with Crippen LogP contribution < -0.4 is 4.90 Å². The first kappa shape index (κ1) is 20.0. The molecule has 1 atom stereocenters. The molecule has 31 heavy (non-hydrogen) atoms. The van der Waals surface area contributed by atoms with E-state index >= 15 is 0 Å². The molecule has 1 aromatic carbocycles. The highest BCUT2D eigenvalue weighted by atomic mass is 16.2. The summed E-state index contributed by atoms with van der Waals surface area (Å²) >= 11 is 0. The van der Waals surface area contributed by atoms with Gasteiger partial charge in [-0.1, -0.05) is 0 Å². The second-order valence-corrected chi connectivity index (χ2v) is 8.97. The summed E-state index contributed by atoms with van der Waals surface area (Å²) in [5, 5.41) is 0. The van der Waals surface area contributed by atoms with Crippen molar-refractivity contribution in [1.82, 2.24) is 14.8 Å². The van der Waals surface area contributed by atoms with Crippen molar-refractivity contribution in [2.24, 2.45) is 0 Å². The number of hydrogen-bond acceptors (Lipinski definition) is 4. The molecule has 162 valence electrons. The highest BCUT2D eigenvalue weighted by Crippen LogP contribution is 2.35. The van der Waals surface area contributed by atoms with E-state index in [1.54, 1.807) is 6.20 Å². The summed E-state index contributed by atoms with van der Waals surface area (Å²) in [6, 6.07) is 8.46. The fourth-order valence-corrected chi connectivity index (χ4v) is 5.19. The number of amides is 2. The molecule has 1 saturated heterocycles. The minimum atomic E-state index is 0.107. The summed E-state index contributed by atoms with van der Waals surface area (Å²) in [6.45, 7) is 7.28. The molecule has 6 heteroatoms. The number of benzene rings is 1. The first-order valence-corrected chi connectivity index (χ1v) is 11.6. The number of anilines is 2. The van der Waals surface area contributed by atoms with E-state index in [-0.39, 0.29) is 11.8 Å². The van der Waals surface area contributed by atoms with Crippen LogP contribution >= 0.6 is 0 Å². The molecule has 4 heterocycles. The minimum Gasteiger partial charge on any atom is -0.336 e. The van der Waals surface area contributed by atoms with E-state index in [0.29, 0.717) is 18.2 Å². The van der Waals surface area contributed by atoms with Gasteiger partial charge < -0.3 is 14.7 Å². The average Bonchev–Trinajstić information content (AvgIpc) is 3.13. The van der Waals surface area contributed by atoms with E-state index in [1.807, 2.05) is 34.9 Å². The van der Waals surface area contributed by atoms with Gasteiger partial charge in [-0.25, -0.2) is 4.98 Å². The second-order valence-electron chi connectivity index (χ2n) is 8.97. The van der Waals surface area contributed by atoms with E-state index in [1.165, 1.54) is 6.42 Å². The number of likely N-dealkylation sites (tertiary alicyclic amines) is 1. The predicted octanol–water partition coefficient (Wildman–Crippen LogP) is 4.16. The second kappa shape index (κ2) is 7.98. The average molecular weight is 419 g/mol. The van der Waals surface area contributed by atoms with Gasteiger partial charge in [-0.05, 0) is 81.3 Å². The van der Waals surface area contributed by atoms with Gasteiger partial charge in [-0.3, -0.25) is 9.59 Å². The van der Waals surface area contributed by atoms with Gasteiger partial charge in [0.15, 0.2) is 0 Å². The van der Waals surface area contributed by atoms with Crippen LogP contribution in [-0.4, -0.2) is 52.3 Å². The summed E-state index contributed by atoms with van der Waals surface area (Å²) in [7, 11) is 0. The van der Waals surface area contributed by atoms with Gasteiger partial charge in [0.2, 0.25) is 0 Å². The molecular weight excluding hydrogens is 388 g/mol. The van der Waals surface area contributed by atoms with Crippen molar-refractivity contribution in [2.45, 2.75) is 58.5 Å². The van der Waals surface area contributed by atoms with E-state index in [4.69, 9.17) is 4.98 Å². The lowest BCUT2D eigenvalue weighted by Gasteiger charge is -2.34. The van der Waals surface area contributed by atoms with Gasteiger partial charge in [-0.15, -0.1) is 0 Å². The van der Waals surface area contributed by atoms with E-state index in [9.17, 15) is 9.59 Å². The maximum atomic E-state index is 13.1. The summed E-state index contributed by atoms with van der Waals surface area (Å²) in [5.74, 6) is 1.16. The van der Waals surface area contributed by atoms with Gasteiger partial charge in [-0.2, -0.15) is 0 Å². The fraction of sp³-hybridized carbons (Fsp3) is 0.480. The van der Waals surface area contributed by atoms with Gasteiger partial charge in [0.1, 0.15) is 5.82 Å². The van der Waals surface area contributed by atoms with Crippen molar-refractivity contribution in [3.8, 4) is 0 Å². The maximum Gasteiger partial charge on any atom is 0.255 e. The quantitative estimate of drug-likeness (QED) is 0.751. The van der Waals surface area contributed by atoms with Gasteiger partial charge in [0, 0.05) is 49.7 Å². The van der Waals surface area contributed by atoms with Crippen molar-refractivity contribution >= 4 is 23.3 Å². The molecule has 1 aromatic heterocycles. The number of piperidine rings is 1.